The lowest BCUT2D eigenvalue weighted by atomic mass is 9.85. The summed E-state index contributed by atoms with van der Waals surface area (Å²) in [5, 5.41) is 0. The molecular formula is C21H27N3O6. The van der Waals surface area contributed by atoms with E-state index in [0.717, 1.165) is 24.2 Å². The lowest BCUT2D eigenvalue weighted by Crippen LogP contribution is -2.46. The fourth-order valence-electron chi connectivity index (χ4n) is 4.45. The highest BCUT2D eigenvalue weighted by atomic mass is 16.5. The van der Waals surface area contributed by atoms with Crippen LogP contribution in [0, 0.1) is 19.8 Å². The minimum Gasteiger partial charge on any atom is -0.462 e. The van der Waals surface area contributed by atoms with Crippen LogP contribution >= 0.6 is 0 Å². The molecule has 0 unspecified atom stereocenters. The monoisotopic (exact) mass is 417 g/mol. The number of esters is 1. The summed E-state index contributed by atoms with van der Waals surface area (Å²) < 4.78 is 5.03. The van der Waals surface area contributed by atoms with E-state index in [2.05, 4.69) is 4.98 Å². The Balaban J connectivity index is 1.86. The van der Waals surface area contributed by atoms with Gasteiger partial charge in [0.25, 0.3) is 0 Å². The third kappa shape index (κ3) is 3.64. The lowest BCUT2D eigenvalue weighted by Gasteiger charge is -2.34. The molecular weight excluding hydrogens is 390 g/mol. The SMILES string of the molecule is CCOC(=O)c1c(C)[nH]c(C)c1C(=O)CN1C(=O)C(=O)N([C@@H]2CCCC[C@H]2C)C1=O. The maximum absolute atomic E-state index is 13.0. The summed E-state index contributed by atoms with van der Waals surface area (Å²) in [5.74, 6) is -3.06. The van der Waals surface area contributed by atoms with Crippen LogP contribution in [-0.4, -0.2) is 63.6 Å². The molecule has 1 saturated heterocycles. The zero-order valence-electron chi connectivity index (χ0n) is 17.7. The van der Waals surface area contributed by atoms with Crippen LogP contribution in [0.15, 0.2) is 0 Å². The number of aryl methyl sites for hydroxylation is 2. The van der Waals surface area contributed by atoms with E-state index in [1.54, 1.807) is 20.8 Å². The molecule has 2 atom stereocenters. The number of carbonyl (C=O) groups is 5. The number of amides is 4. The van der Waals surface area contributed by atoms with Gasteiger partial charge in [-0.25, -0.2) is 14.5 Å². The van der Waals surface area contributed by atoms with Crippen LogP contribution in [0.5, 0.6) is 0 Å². The van der Waals surface area contributed by atoms with E-state index in [1.165, 1.54) is 0 Å². The normalized spacial score (nSPS) is 22.1. The molecule has 1 saturated carbocycles. The van der Waals surface area contributed by atoms with Crippen LogP contribution in [-0.2, 0) is 14.3 Å². The van der Waals surface area contributed by atoms with Gasteiger partial charge in [-0.1, -0.05) is 19.8 Å². The molecule has 1 aliphatic carbocycles. The van der Waals surface area contributed by atoms with Crippen molar-refractivity contribution in [1.29, 1.82) is 0 Å². The Hall–Kier alpha value is -2.97. The number of Topliss-reactive ketones (excluding diaryl/α,β-unsaturated/α-hetero) is 1. The van der Waals surface area contributed by atoms with Crippen LogP contribution in [0.2, 0.25) is 0 Å². The van der Waals surface area contributed by atoms with E-state index in [1.807, 2.05) is 6.92 Å². The lowest BCUT2D eigenvalue weighted by molar-refractivity contribution is -0.144. The van der Waals surface area contributed by atoms with Gasteiger partial charge in [0, 0.05) is 17.4 Å². The number of urea groups is 1. The second-order valence-corrected chi connectivity index (χ2v) is 7.95. The van der Waals surface area contributed by atoms with E-state index < -0.39 is 36.1 Å². The van der Waals surface area contributed by atoms with Gasteiger partial charge in [0.15, 0.2) is 5.78 Å². The van der Waals surface area contributed by atoms with E-state index in [9.17, 15) is 24.0 Å². The number of hydrogen-bond donors (Lipinski definition) is 1. The van der Waals surface area contributed by atoms with Crippen LogP contribution in [0.25, 0.3) is 0 Å². The summed E-state index contributed by atoms with van der Waals surface area (Å²) in [4.78, 5) is 67.9. The maximum atomic E-state index is 13.0. The van der Waals surface area contributed by atoms with Gasteiger partial charge < -0.3 is 9.72 Å². The van der Waals surface area contributed by atoms with Crippen molar-refractivity contribution in [2.75, 3.05) is 13.2 Å². The fourth-order valence-corrected chi connectivity index (χ4v) is 4.45. The van der Waals surface area contributed by atoms with Gasteiger partial charge in [-0.3, -0.25) is 19.3 Å². The third-order valence-electron chi connectivity index (χ3n) is 5.92. The fraction of sp³-hybridized carbons (Fsp3) is 0.571. The number of H-pyrrole nitrogens is 1. The number of imide groups is 2. The molecule has 1 aromatic heterocycles. The Morgan fingerprint density at radius 3 is 2.30 bits per heavy atom. The molecule has 30 heavy (non-hydrogen) atoms. The molecule has 0 spiro atoms. The molecule has 4 amide bonds. The number of ketones is 1. The van der Waals surface area contributed by atoms with Crippen molar-refractivity contribution in [2.45, 2.75) is 59.4 Å². The minimum atomic E-state index is -1.01. The highest BCUT2D eigenvalue weighted by Gasteiger charge is 2.49. The van der Waals surface area contributed by atoms with E-state index in [4.69, 9.17) is 4.74 Å². The van der Waals surface area contributed by atoms with Crippen molar-refractivity contribution >= 4 is 29.6 Å². The molecule has 2 aliphatic rings. The highest BCUT2D eigenvalue weighted by molar-refractivity contribution is 6.45. The molecule has 0 aromatic carbocycles. The van der Waals surface area contributed by atoms with Crippen LogP contribution < -0.4 is 0 Å². The summed E-state index contributed by atoms with van der Waals surface area (Å²) in [5.41, 5.74) is 1.05. The Bertz CT molecular complexity index is 918. The van der Waals surface area contributed by atoms with Gasteiger partial charge in [0.2, 0.25) is 0 Å². The van der Waals surface area contributed by atoms with Crippen molar-refractivity contribution in [2.24, 2.45) is 5.92 Å². The Labute approximate surface area is 174 Å². The van der Waals surface area contributed by atoms with Crippen LogP contribution in [0.1, 0.15) is 71.6 Å². The van der Waals surface area contributed by atoms with Crippen LogP contribution in [0.3, 0.4) is 0 Å². The first-order chi connectivity index (χ1) is 14.2. The van der Waals surface area contributed by atoms with Gasteiger partial charge in [-0.15, -0.1) is 0 Å². The average molecular weight is 417 g/mol. The number of carbonyl (C=O) groups excluding carboxylic acids is 5. The molecule has 0 bridgehead atoms. The minimum absolute atomic E-state index is 0.0727. The van der Waals surface area contributed by atoms with E-state index >= 15 is 0 Å². The second kappa shape index (κ2) is 8.41. The number of aromatic nitrogens is 1. The van der Waals surface area contributed by atoms with Gasteiger partial charge in [0.05, 0.1) is 24.3 Å². The van der Waals surface area contributed by atoms with Crippen molar-refractivity contribution in [3.8, 4) is 0 Å². The molecule has 1 aromatic rings. The largest absolute Gasteiger partial charge is 0.462 e. The predicted octanol–water partition coefficient (Wildman–Crippen LogP) is 2.36. The second-order valence-electron chi connectivity index (χ2n) is 7.95. The highest BCUT2D eigenvalue weighted by Crippen LogP contribution is 2.31. The maximum Gasteiger partial charge on any atom is 0.340 e. The van der Waals surface area contributed by atoms with Crippen molar-refractivity contribution in [3.63, 3.8) is 0 Å². The molecule has 0 radical (unpaired) electrons. The predicted molar refractivity (Wildman–Crippen MR) is 106 cm³/mol. The van der Waals surface area contributed by atoms with E-state index in [0.29, 0.717) is 22.7 Å². The van der Waals surface area contributed by atoms with Gasteiger partial charge in [-0.2, -0.15) is 0 Å². The molecule has 162 valence electrons. The van der Waals surface area contributed by atoms with Crippen LogP contribution in [0.4, 0.5) is 4.79 Å². The number of ether oxygens (including phenoxy) is 1. The quantitative estimate of drug-likeness (QED) is 0.329. The molecule has 1 N–H and O–H groups in total. The summed E-state index contributed by atoms with van der Waals surface area (Å²) in [7, 11) is 0. The van der Waals surface area contributed by atoms with Gasteiger partial charge in [-0.05, 0) is 39.5 Å². The smallest absolute Gasteiger partial charge is 0.340 e. The molecule has 9 nitrogen and oxygen atoms in total. The zero-order valence-corrected chi connectivity index (χ0v) is 17.7. The molecule has 1 aliphatic heterocycles. The Kier molecular flexibility index (Phi) is 6.09. The summed E-state index contributed by atoms with van der Waals surface area (Å²) in [6.07, 6.45) is 3.42. The number of nitrogens with zero attached hydrogens (tertiary/aromatic N) is 2. The van der Waals surface area contributed by atoms with Crippen molar-refractivity contribution < 1.29 is 28.7 Å². The van der Waals surface area contributed by atoms with Gasteiger partial charge in [0.1, 0.15) is 0 Å². The first kappa shape index (κ1) is 21.7. The van der Waals surface area contributed by atoms with Crippen molar-refractivity contribution in [3.05, 3.63) is 22.5 Å². The number of hydrogen-bond acceptors (Lipinski definition) is 6. The molecule has 9 heteroatoms. The molecule has 2 heterocycles. The number of rotatable bonds is 6. The number of nitrogens with one attached hydrogen (secondary N) is 1. The zero-order chi connectivity index (χ0) is 22.2. The summed E-state index contributed by atoms with van der Waals surface area (Å²) >= 11 is 0. The molecule has 3 rings (SSSR count). The first-order valence-corrected chi connectivity index (χ1v) is 10.3. The average Bonchev–Trinajstić information content (AvgIpc) is 3.10. The number of aromatic amines is 1. The Morgan fingerprint density at radius 2 is 1.67 bits per heavy atom. The molecule has 2 fully saturated rings. The summed E-state index contributed by atoms with van der Waals surface area (Å²) in [6, 6.07) is -1.10. The van der Waals surface area contributed by atoms with Crippen molar-refractivity contribution in [1.82, 2.24) is 14.8 Å². The van der Waals surface area contributed by atoms with E-state index in [-0.39, 0.29) is 29.7 Å². The Morgan fingerprint density at radius 1 is 1.03 bits per heavy atom. The van der Waals surface area contributed by atoms with Gasteiger partial charge >= 0.3 is 23.8 Å². The summed E-state index contributed by atoms with van der Waals surface area (Å²) in [6.45, 7) is 6.41. The first-order valence-electron chi connectivity index (χ1n) is 10.3. The topological polar surface area (TPSA) is 117 Å². The standard InChI is InChI=1S/C21H27N3O6/c1-5-30-20(28)17-13(4)22-12(3)16(17)15(25)10-23-18(26)19(27)24(21(23)29)14-9-7-6-8-11(14)2/h11,14,22H,5-10H2,1-4H3/t11-,14-/m1/s1. The third-order valence-corrected chi connectivity index (χ3v) is 5.92.